The number of hydrogen-bond acceptors (Lipinski definition) is 5. The van der Waals surface area contributed by atoms with E-state index in [1.54, 1.807) is 24.3 Å². The van der Waals surface area contributed by atoms with Crippen LogP contribution in [-0.2, 0) is 9.59 Å². The second-order valence-corrected chi connectivity index (χ2v) is 5.15. The molecule has 1 aliphatic rings. The highest BCUT2D eigenvalue weighted by molar-refractivity contribution is 6.01. The van der Waals surface area contributed by atoms with Crippen LogP contribution in [0.3, 0.4) is 0 Å². The molecule has 0 aliphatic carbocycles. The maximum absolute atomic E-state index is 12.1. The Morgan fingerprint density at radius 3 is 2.62 bits per heavy atom. The van der Waals surface area contributed by atoms with Crippen molar-refractivity contribution in [2.45, 2.75) is 12.5 Å². The van der Waals surface area contributed by atoms with Crippen molar-refractivity contribution < 1.29 is 19.2 Å². The van der Waals surface area contributed by atoms with Crippen molar-refractivity contribution in [3.8, 4) is 5.75 Å². The zero-order valence-electron chi connectivity index (χ0n) is 12.4. The molecule has 0 spiro atoms. The second kappa shape index (κ2) is 6.37. The third-order valence-electron chi connectivity index (χ3n) is 3.44. The average molecular weight is 327 g/mol. The minimum Gasteiger partial charge on any atom is -0.478 e. The molecule has 1 unspecified atom stereocenters. The summed E-state index contributed by atoms with van der Waals surface area (Å²) in [6.07, 6.45) is -1.10. The zero-order valence-corrected chi connectivity index (χ0v) is 12.4. The van der Waals surface area contributed by atoms with Crippen molar-refractivity contribution in [1.82, 2.24) is 0 Å². The van der Waals surface area contributed by atoms with Crippen molar-refractivity contribution in [3.05, 3.63) is 58.6 Å². The van der Waals surface area contributed by atoms with Gasteiger partial charge in [0.25, 0.3) is 11.6 Å². The van der Waals surface area contributed by atoms with Crippen molar-refractivity contribution in [3.63, 3.8) is 0 Å². The number of non-ortho nitro benzene ring substituents is 1. The molecule has 0 aromatic heterocycles. The molecular formula is C16H13N3O5. The number of anilines is 2. The predicted molar refractivity (Wildman–Crippen MR) is 85.8 cm³/mol. The standard InChI is InChI=1S/C16H13N3O5/c20-15(17-10-5-7-11(8-6-10)19(22)23)9-14-16(21)18-12-3-1-2-4-13(12)24-14/h1-8,14H,9H2,(H,17,20)(H,18,21). The van der Waals surface area contributed by atoms with E-state index >= 15 is 0 Å². The molecule has 1 atom stereocenters. The molecule has 3 rings (SSSR count). The first-order chi connectivity index (χ1) is 11.5. The number of nitro benzene ring substituents is 1. The summed E-state index contributed by atoms with van der Waals surface area (Å²) in [6, 6.07) is 12.4. The van der Waals surface area contributed by atoms with Gasteiger partial charge in [0, 0.05) is 17.8 Å². The molecule has 8 nitrogen and oxygen atoms in total. The van der Waals surface area contributed by atoms with Gasteiger partial charge in [0.05, 0.1) is 17.0 Å². The number of carbonyl (C=O) groups is 2. The first-order valence-electron chi connectivity index (χ1n) is 7.14. The van der Waals surface area contributed by atoms with Gasteiger partial charge in [-0.25, -0.2) is 0 Å². The van der Waals surface area contributed by atoms with Crippen LogP contribution in [0.2, 0.25) is 0 Å². The normalized spacial score (nSPS) is 15.7. The Balaban J connectivity index is 1.63. The quantitative estimate of drug-likeness (QED) is 0.661. The van der Waals surface area contributed by atoms with Crippen molar-refractivity contribution in [2.24, 2.45) is 0 Å². The van der Waals surface area contributed by atoms with Gasteiger partial charge < -0.3 is 15.4 Å². The number of benzene rings is 2. The number of ether oxygens (including phenoxy) is 1. The number of carbonyl (C=O) groups excluding carboxylic acids is 2. The highest BCUT2D eigenvalue weighted by Crippen LogP contribution is 2.29. The molecule has 0 bridgehead atoms. The van der Waals surface area contributed by atoms with Gasteiger partial charge in [-0.2, -0.15) is 0 Å². The molecule has 2 aromatic carbocycles. The minimum atomic E-state index is -0.932. The monoisotopic (exact) mass is 327 g/mol. The van der Waals surface area contributed by atoms with Gasteiger partial charge in [0.1, 0.15) is 5.75 Å². The topological polar surface area (TPSA) is 111 Å². The molecule has 2 aromatic rings. The van der Waals surface area contributed by atoms with E-state index in [1.807, 2.05) is 0 Å². The number of amides is 2. The van der Waals surface area contributed by atoms with Gasteiger partial charge in [0.2, 0.25) is 5.91 Å². The highest BCUT2D eigenvalue weighted by atomic mass is 16.6. The van der Waals surface area contributed by atoms with Crippen LogP contribution < -0.4 is 15.4 Å². The molecule has 2 amide bonds. The lowest BCUT2D eigenvalue weighted by atomic mass is 10.1. The van der Waals surface area contributed by atoms with Crippen molar-refractivity contribution in [2.75, 3.05) is 10.6 Å². The van der Waals surface area contributed by atoms with Crippen LogP contribution in [0.25, 0.3) is 0 Å². The fraction of sp³-hybridized carbons (Fsp3) is 0.125. The number of fused-ring (bicyclic) bond motifs is 1. The molecule has 0 fully saturated rings. The van der Waals surface area contributed by atoms with Gasteiger partial charge in [-0.1, -0.05) is 12.1 Å². The Labute approximate surface area is 136 Å². The Morgan fingerprint density at radius 2 is 1.92 bits per heavy atom. The Kier molecular flexibility index (Phi) is 4.11. The largest absolute Gasteiger partial charge is 0.478 e. The number of nitrogens with one attached hydrogen (secondary N) is 2. The van der Waals surface area contributed by atoms with E-state index in [-0.39, 0.29) is 12.1 Å². The van der Waals surface area contributed by atoms with E-state index in [1.165, 1.54) is 24.3 Å². The molecule has 2 N–H and O–H groups in total. The molecule has 0 saturated carbocycles. The van der Waals surface area contributed by atoms with Gasteiger partial charge >= 0.3 is 0 Å². The van der Waals surface area contributed by atoms with Crippen molar-refractivity contribution >= 4 is 28.9 Å². The summed E-state index contributed by atoms with van der Waals surface area (Å²) in [4.78, 5) is 34.1. The number of rotatable bonds is 4. The summed E-state index contributed by atoms with van der Waals surface area (Å²) < 4.78 is 5.54. The minimum absolute atomic E-state index is 0.0698. The third kappa shape index (κ3) is 3.32. The molecule has 0 saturated heterocycles. The van der Waals surface area contributed by atoms with E-state index in [0.29, 0.717) is 17.1 Å². The zero-order chi connectivity index (χ0) is 17.1. The fourth-order valence-corrected chi connectivity index (χ4v) is 2.27. The predicted octanol–water partition coefficient (Wildman–Crippen LogP) is 2.32. The first kappa shape index (κ1) is 15.5. The summed E-state index contributed by atoms with van der Waals surface area (Å²) in [5.74, 6) is -0.318. The summed E-state index contributed by atoms with van der Waals surface area (Å²) >= 11 is 0. The highest BCUT2D eigenvalue weighted by Gasteiger charge is 2.29. The summed E-state index contributed by atoms with van der Waals surface area (Å²) in [6.45, 7) is 0. The van der Waals surface area contributed by atoms with E-state index < -0.39 is 22.8 Å². The third-order valence-corrected chi connectivity index (χ3v) is 3.44. The van der Waals surface area contributed by atoms with Gasteiger partial charge in [0.15, 0.2) is 6.10 Å². The van der Waals surface area contributed by atoms with Crippen LogP contribution in [-0.4, -0.2) is 22.8 Å². The molecule has 122 valence electrons. The number of nitrogens with zero attached hydrogens (tertiary/aromatic N) is 1. The van der Waals surface area contributed by atoms with Crippen LogP contribution in [0.4, 0.5) is 17.1 Å². The van der Waals surface area contributed by atoms with Crippen LogP contribution in [0, 0.1) is 10.1 Å². The maximum atomic E-state index is 12.1. The van der Waals surface area contributed by atoms with E-state index in [9.17, 15) is 19.7 Å². The maximum Gasteiger partial charge on any atom is 0.269 e. The van der Waals surface area contributed by atoms with E-state index in [4.69, 9.17) is 4.74 Å². The lowest BCUT2D eigenvalue weighted by Gasteiger charge is -2.25. The van der Waals surface area contributed by atoms with Gasteiger partial charge in [-0.15, -0.1) is 0 Å². The van der Waals surface area contributed by atoms with E-state index in [2.05, 4.69) is 10.6 Å². The van der Waals surface area contributed by atoms with Gasteiger partial charge in [-0.3, -0.25) is 19.7 Å². The molecular weight excluding hydrogens is 314 g/mol. The lowest BCUT2D eigenvalue weighted by molar-refractivity contribution is -0.384. The Hall–Kier alpha value is -3.42. The fourth-order valence-electron chi connectivity index (χ4n) is 2.27. The average Bonchev–Trinajstić information content (AvgIpc) is 2.56. The van der Waals surface area contributed by atoms with Gasteiger partial charge in [-0.05, 0) is 24.3 Å². The number of para-hydroxylation sites is 2. The number of hydrogen-bond donors (Lipinski definition) is 2. The van der Waals surface area contributed by atoms with Crippen LogP contribution >= 0.6 is 0 Å². The van der Waals surface area contributed by atoms with Crippen LogP contribution in [0.5, 0.6) is 5.75 Å². The Morgan fingerprint density at radius 1 is 1.21 bits per heavy atom. The lowest BCUT2D eigenvalue weighted by Crippen LogP contribution is -2.39. The smallest absolute Gasteiger partial charge is 0.269 e. The first-order valence-corrected chi connectivity index (χ1v) is 7.14. The second-order valence-electron chi connectivity index (χ2n) is 5.15. The van der Waals surface area contributed by atoms with E-state index in [0.717, 1.165) is 0 Å². The summed E-state index contributed by atoms with van der Waals surface area (Å²) in [5, 5.41) is 15.8. The summed E-state index contributed by atoms with van der Waals surface area (Å²) in [5.41, 5.74) is 0.899. The van der Waals surface area contributed by atoms with Crippen molar-refractivity contribution in [1.29, 1.82) is 0 Å². The molecule has 1 aliphatic heterocycles. The SMILES string of the molecule is O=C(CC1Oc2ccccc2NC1=O)Nc1ccc([N+](=O)[O-])cc1. The van der Waals surface area contributed by atoms with Crippen LogP contribution in [0.15, 0.2) is 48.5 Å². The molecule has 1 heterocycles. The summed E-state index contributed by atoms with van der Waals surface area (Å²) in [7, 11) is 0. The Bertz CT molecular complexity index is 804. The number of nitro groups is 1. The molecule has 24 heavy (non-hydrogen) atoms. The molecule has 8 heteroatoms. The van der Waals surface area contributed by atoms with Crippen LogP contribution in [0.1, 0.15) is 6.42 Å². The molecule has 0 radical (unpaired) electrons.